The van der Waals surface area contributed by atoms with E-state index in [1.807, 2.05) is 36.4 Å². The summed E-state index contributed by atoms with van der Waals surface area (Å²) in [6.07, 6.45) is 8.78. The smallest absolute Gasteiger partial charge is 0.131 e. The fourth-order valence-electron chi connectivity index (χ4n) is 3.35. The van der Waals surface area contributed by atoms with Gasteiger partial charge in [0.2, 0.25) is 0 Å². The largest absolute Gasteiger partial charge is 0.393 e. The molecule has 0 radical (unpaired) electrons. The minimum absolute atomic E-state index is 0.217. The topological polar surface area (TPSA) is 20.2 Å². The van der Waals surface area contributed by atoms with Gasteiger partial charge in [0.25, 0.3) is 0 Å². The zero-order valence-corrected chi connectivity index (χ0v) is 16.4. The lowest BCUT2D eigenvalue weighted by Gasteiger charge is -2.07. The third-order valence-corrected chi connectivity index (χ3v) is 4.91. The molecular weight excluding hydrogens is 347 g/mol. The number of aliphatic hydroxyl groups excluding tert-OH is 1. The second kappa shape index (κ2) is 9.48. The summed E-state index contributed by atoms with van der Waals surface area (Å²) >= 11 is 0. The third kappa shape index (κ3) is 5.17. The van der Waals surface area contributed by atoms with E-state index in [0.29, 0.717) is 5.56 Å². The van der Waals surface area contributed by atoms with Crippen LogP contribution in [0.15, 0.2) is 73.3 Å². The number of allylic oxidation sites excluding steroid dienone is 2. The molecule has 0 saturated heterocycles. The molecule has 0 aliphatic rings. The SMILES string of the molecule is C=CCc1ccc2cc(-c3ccc(/C=C/CCCC(C)O)c(F)c3)ccc2c1. The zero-order valence-electron chi connectivity index (χ0n) is 16.4. The molecule has 0 heterocycles. The van der Waals surface area contributed by atoms with Gasteiger partial charge in [-0.15, -0.1) is 6.58 Å². The van der Waals surface area contributed by atoms with Crippen molar-refractivity contribution in [2.75, 3.05) is 0 Å². The highest BCUT2D eigenvalue weighted by atomic mass is 19.1. The summed E-state index contributed by atoms with van der Waals surface area (Å²) < 4.78 is 14.5. The minimum atomic E-state index is -0.278. The van der Waals surface area contributed by atoms with Gasteiger partial charge in [0.1, 0.15) is 5.82 Å². The molecule has 1 nitrogen and oxygen atoms in total. The van der Waals surface area contributed by atoms with E-state index in [2.05, 4.69) is 36.9 Å². The fourth-order valence-corrected chi connectivity index (χ4v) is 3.35. The average Bonchev–Trinajstić information content (AvgIpc) is 2.68. The van der Waals surface area contributed by atoms with Crippen LogP contribution in [0.4, 0.5) is 4.39 Å². The first-order valence-electron chi connectivity index (χ1n) is 9.85. The van der Waals surface area contributed by atoms with Crippen LogP contribution in [0, 0.1) is 5.82 Å². The van der Waals surface area contributed by atoms with Gasteiger partial charge in [-0.25, -0.2) is 4.39 Å². The number of rotatable bonds is 8. The van der Waals surface area contributed by atoms with Gasteiger partial charge in [-0.05, 0) is 72.2 Å². The molecule has 0 saturated carbocycles. The van der Waals surface area contributed by atoms with Crippen molar-refractivity contribution in [2.45, 2.75) is 38.7 Å². The van der Waals surface area contributed by atoms with Gasteiger partial charge < -0.3 is 5.11 Å². The molecule has 28 heavy (non-hydrogen) atoms. The van der Waals surface area contributed by atoms with E-state index in [1.165, 1.54) is 10.9 Å². The molecule has 1 unspecified atom stereocenters. The Morgan fingerprint density at radius 1 is 1.00 bits per heavy atom. The van der Waals surface area contributed by atoms with Crippen LogP contribution in [0.2, 0.25) is 0 Å². The van der Waals surface area contributed by atoms with Crippen molar-refractivity contribution in [3.63, 3.8) is 0 Å². The lowest BCUT2D eigenvalue weighted by atomic mass is 9.98. The van der Waals surface area contributed by atoms with E-state index >= 15 is 0 Å². The molecule has 3 aromatic rings. The summed E-state index contributed by atoms with van der Waals surface area (Å²) in [6.45, 7) is 5.58. The number of fused-ring (bicyclic) bond motifs is 1. The zero-order chi connectivity index (χ0) is 19.9. The monoisotopic (exact) mass is 374 g/mol. The first-order valence-corrected chi connectivity index (χ1v) is 9.85. The maximum Gasteiger partial charge on any atom is 0.131 e. The summed E-state index contributed by atoms with van der Waals surface area (Å²) in [5.41, 5.74) is 3.72. The van der Waals surface area contributed by atoms with Gasteiger partial charge in [0, 0.05) is 5.56 Å². The highest BCUT2D eigenvalue weighted by Crippen LogP contribution is 2.27. The quantitative estimate of drug-likeness (QED) is 0.334. The highest BCUT2D eigenvalue weighted by Gasteiger charge is 2.05. The Morgan fingerprint density at radius 2 is 1.71 bits per heavy atom. The Morgan fingerprint density at radius 3 is 2.46 bits per heavy atom. The van der Waals surface area contributed by atoms with Crippen LogP contribution in [0.5, 0.6) is 0 Å². The van der Waals surface area contributed by atoms with Crippen molar-refractivity contribution < 1.29 is 9.50 Å². The number of unbranched alkanes of at least 4 members (excludes halogenated alkanes) is 1. The molecule has 0 aliphatic carbocycles. The van der Waals surface area contributed by atoms with Crippen LogP contribution in [-0.2, 0) is 6.42 Å². The van der Waals surface area contributed by atoms with Crippen molar-refractivity contribution in [3.05, 3.63) is 90.3 Å². The van der Waals surface area contributed by atoms with Crippen LogP contribution >= 0.6 is 0 Å². The van der Waals surface area contributed by atoms with Crippen LogP contribution in [0.25, 0.3) is 28.0 Å². The number of halogens is 1. The first kappa shape index (κ1) is 20.0. The Bertz CT molecular complexity index is 985. The predicted molar refractivity (Wildman–Crippen MR) is 118 cm³/mol. The van der Waals surface area contributed by atoms with Crippen molar-refractivity contribution in [1.29, 1.82) is 0 Å². The van der Waals surface area contributed by atoms with Crippen molar-refractivity contribution in [1.82, 2.24) is 0 Å². The fraction of sp³-hybridized carbons (Fsp3) is 0.231. The van der Waals surface area contributed by atoms with E-state index < -0.39 is 0 Å². The number of hydrogen-bond acceptors (Lipinski definition) is 1. The Labute approximate surface area is 166 Å². The Balaban J connectivity index is 1.76. The minimum Gasteiger partial charge on any atom is -0.393 e. The molecule has 3 aromatic carbocycles. The molecule has 144 valence electrons. The van der Waals surface area contributed by atoms with E-state index in [1.54, 1.807) is 13.0 Å². The van der Waals surface area contributed by atoms with Gasteiger partial charge in [-0.3, -0.25) is 0 Å². The number of hydrogen-bond donors (Lipinski definition) is 1. The van der Waals surface area contributed by atoms with E-state index in [9.17, 15) is 9.50 Å². The summed E-state index contributed by atoms with van der Waals surface area (Å²) in [5.74, 6) is -0.217. The molecule has 3 rings (SSSR count). The molecule has 0 spiro atoms. The van der Waals surface area contributed by atoms with Crippen LogP contribution in [0.1, 0.15) is 37.3 Å². The number of aliphatic hydroxyl groups is 1. The van der Waals surface area contributed by atoms with Crippen LogP contribution in [0.3, 0.4) is 0 Å². The molecule has 0 aliphatic heterocycles. The third-order valence-electron chi connectivity index (χ3n) is 4.91. The molecule has 2 heteroatoms. The van der Waals surface area contributed by atoms with Crippen LogP contribution < -0.4 is 0 Å². The lowest BCUT2D eigenvalue weighted by Crippen LogP contribution is -1.97. The predicted octanol–water partition coefficient (Wildman–Crippen LogP) is 6.94. The molecular formula is C26H27FO. The molecule has 0 aromatic heterocycles. The second-order valence-electron chi connectivity index (χ2n) is 7.31. The van der Waals surface area contributed by atoms with Crippen molar-refractivity contribution in [2.24, 2.45) is 0 Å². The Kier molecular flexibility index (Phi) is 6.78. The van der Waals surface area contributed by atoms with Gasteiger partial charge in [-0.2, -0.15) is 0 Å². The number of benzene rings is 3. The molecule has 0 bridgehead atoms. The van der Waals surface area contributed by atoms with E-state index in [0.717, 1.165) is 42.2 Å². The summed E-state index contributed by atoms with van der Waals surface area (Å²) in [4.78, 5) is 0. The summed E-state index contributed by atoms with van der Waals surface area (Å²) in [5, 5.41) is 11.6. The second-order valence-corrected chi connectivity index (χ2v) is 7.31. The summed E-state index contributed by atoms with van der Waals surface area (Å²) in [7, 11) is 0. The van der Waals surface area contributed by atoms with Gasteiger partial charge in [0.15, 0.2) is 0 Å². The van der Waals surface area contributed by atoms with E-state index in [-0.39, 0.29) is 11.9 Å². The molecule has 1 atom stereocenters. The van der Waals surface area contributed by atoms with Crippen LogP contribution in [-0.4, -0.2) is 11.2 Å². The summed E-state index contributed by atoms with van der Waals surface area (Å²) in [6, 6.07) is 18.0. The standard InChI is InChI=1S/C26H27FO/c1-3-7-20-10-11-23-17-24(15-14-22(23)16-20)25-13-12-21(26(27)18-25)9-6-4-5-8-19(2)28/h3,6,9-19,28H,1,4-5,7-8H2,2H3/b9-6+. The Hall–Kier alpha value is -2.71. The van der Waals surface area contributed by atoms with Gasteiger partial charge >= 0.3 is 0 Å². The first-order chi connectivity index (χ1) is 13.6. The molecule has 0 amide bonds. The van der Waals surface area contributed by atoms with Crippen molar-refractivity contribution >= 4 is 16.8 Å². The van der Waals surface area contributed by atoms with Gasteiger partial charge in [0.05, 0.1) is 6.10 Å². The average molecular weight is 374 g/mol. The lowest BCUT2D eigenvalue weighted by molar-refractivity contribution is 0.182. The van der Waals surface area contributed by atoms with Crippen molar-refractivity contribution in [3.8, 4) is 11.1 Å². The maximum atomic E-state index is 14.5. The normalized spacial score (nSPS) is 12.5. The van der Waals surface area contributed by atoms with Gasteiger partial charge in [-0.1, -0.05) is 60.7 Å². The molecule has 0 fully saturated rings. The van der Waals surface area contributed by atoms with E-state index in [4.69, 9.17) is 0 Å². The maximum absolute atomic E-state index is 14.5. The highest BCUT2D eigenvalue weighted by molar-refractivity contribution is 5.88. The molecule has 1 N–H and O–H groups in total.